The van der Waals surface area contributed by atoms with Gasteiger partial charge in [0.25, 0.3) is 0 Å². The average molecular weight is 413 g/mol. The van der Waals surface area contributed by atoms with Crippen molar-refractivity contribution in [1.82, 2.24) is 19.1 Å². The third kappa shape index (κ3) is 2.03. The Balaban J connectivity index is 1.93. The molecule has 0 aliphatic carbocycles. The highest BCUT2D eigenvalue weighted by Gasteiger charge is 2.28. The van der Waals surface area contributed by atoms with Gasteiger partial charge in [-0.25, -0.2) is 9.18 Å². The fraction of sp³-hybridized carbons (Fsp3) is 0.211. The molecule has 26 heavy (non-hydrogen) atoms. The number of benzene rings is 1. The first-order valence-corrected chi connectivity index (χ1v) is 9.11. The maximum atomic E-state index is 14.5. The lowest BCUT2D eigenvalue weighted by Gasteiger charge is -2.16. The van der Waals surface area contributed by atoms with E-state index >= 15 is 0 Å². The molecule has 0 amide bonds. The molecule has 0 bridgehead atoms. The normalized spacial score (nSPS) is 16.5. The number of pyridine rings is 2. The summed E-state index contributed by atoms with van der Waals surface area (Å²) in [4.78, 5) is 21.8. The molecule has 3 aromatic heterocycles. The third-order valence-electron chi connectivity index (χ3n) is 5.21. The van der Waals surface area contributed by atoms with Crippen LogP contribution < -0.4 is 5.69 Å². The van der Waals surface area contributed by atoms with Gasteiger partial charge in [-0.3, -0.25) is 19.1 Å². The van der Waals surface area contributed by atoms with Gasteiger partial charge in [0.2, 0.25) is 0 Å². The predicted molar refractivity (Wildman–Crippen MR) is 101 cm³/mol. The Hall–Kier alpha value is -2.54. The van der Waals surface area contributed by atoms with E-state index in [0.29, 0.717) is 23.0 Å². The standard InChI is InChI=1S/C19H14BrFN4O/c1-24-15-8-23-14-7-12(21)17(20)11-6-10(13-4-2-3-5-22-13)9-25(19(24)26)18(15)16(11)14/h2-5,7-8,10H,6,9H2,1H3. The molecule has 0 saturated heterocycles. The van der Waals surface area contributed by atoms with Crippen LogP contribution in [0.1, 0.15) is 17.2 Å². The van der Waals surface area contributed by atoms with Crippen LogP contribution in [-0.2, 0) is 20.0 Å². The first-order chi connectivity index (χ1) is 12.6. The number of halogens is 2. The van der Waals surface area contributed by atoms with Crippen molar-refractivity contribution in [3.63, 3.8) is 0 Å². The van der Waals surface area contributed by atoms with Gasteiger partial charge in [0.1, 0.15) is 5.82 Å². The van der Waals surface area contributed by atoms with E-state index in [4.69, 9.17) is 0 Å². The molecule has 4 heterocycles. The maximum absolute atomic E-state index is 14.5. The van der Waals surface area contributed by atoms with E-state index in [0.717, 1.165) is 27.7 Å². The van der Waals surface area contributed by atoms with Gasteiger partial charge in [-0.1, -0.05) is 6.07 Å². The smallest absolute Gasteiger partial charge is 0.293 e. The quantitative estimate of drug-likeness (QED) is 0.480. The van der Waals surface area contributed by atoms with Gasteiger partial charge in [-0.05, 0) is 40.0 Å². The number of hydrogen-bond acceptors (Lipinski definition) is 3. The van der Waals surface area contributed by atoms with Crippen LogP contribution in [0.4, 0.5) is 4.39 Å². The summed E-state index contributed by atoms with van der Waals surface area (Å²) >= 11 is 3.42. The van der Waals surface area contributed by atoms with Crippen molar-refractivity contribution in [3.05, 3.63) is 68.7 Å². The van der Waals surface area contributed by atoms with E-state index < -0.39 is 0 Å². The fourth-order valence-electron chi connectivity index (χ4n) is 3.96. The molecule has 0 saturated carbocycles. The van der Waals surface area contributed by atoms with Crippen molar-refractivity contribution in [3.8, 4) is 0 Å². The first-order valence-electron chi connectivity index (χ1n) is 8.32. The zero-order valence-electron chi connectivity index (χ0n) is 13.9. The summed E-state index contributed by atoms with van der Waals surface area (Å²) in [6.07, 6.45) is 3.97. The van der Waals surface area contributed by atoms with Gasteiger partial charge in [0.15, 0.2) is 0 Å². The highest BCUT2D eigenvalue weighted by Crippen LogP contribution is 2.39. The lowest BCUT2D eigenvalue weighted by Crippen LogP contribution is -2.25. The Morgan fingerprint density at radius 1 is 1.31 bits per heavy atom. The Morgan fingerprint density at radius 2 is 2.15 bits per heavy atom. The molecule has 1 unspecified atom stereocenters. The number of aryl methyl sites for hydroxylation is 1. The molecule has 5 nitrogen and oxygen atoms in total. The number of rotatable bonds is 1. The summed E-state index contributed by atoms with van der Waals surface area (Å²) in [5.74, 6) is -0.376. The third-order valence-corrected chi connectivity index (χ3v) is 6.07. The topological polar surface area (TPSA) is 52.7 Å². The Bertz CT molecular complexity index is 1250. The average Bonchev–Trinajstić information content (AvgIpc) is 2.81. The first kappa shape index (κ1) is 15.7. The van der Waals surface area contributed by atoms with E-state index in [-0.39, 0.29) is 17.4 Å². The maximum Gasteiger partial charge on any atom is 0.328 e. The predicted octanol–water partition coefficient (Wildman–Crippen LogP) is 3.52. The van der Waals surface area contributed by atoms with Crippen molar-refractivity contribution in [1.29, 1.82) is 0 Å². The minimum Gasteiger partial charge on any atom is -0.293 e. The molecule has 1 aliphatic rings. The fourth-order valence-corrected chi connectivity index (χ4v) is 4.43. The second kappa shape index (κ2) is 5.48. The SMILES string of the molecule is Cn1c(=O)n2c3c4c(c(Br)c(F)cc4ncc31)CC(c1ccccn1)C2. The molecule has 1 aromatic carbocycles. The van der Waals surface area contributed by atoms with Gasteiger partial charge >= 0.3 is 5.69 Å². The van der Waals surface area contributed by atoms with E-state index in [1.165, 1.54) is 6.07 Å². The molecular weight excluding hydrogens is 399 g/mol. The summed E-state index contributed by atoms with van der Waals surface area (Å²) in [6.45, 7) is 0.495. The molecule has 0 fully saturated rings. The lowest BCUT2D eigenvalue weighted by atomic mass is 9.94. The van der Waals surface area contributed by atoms with Crippen LogP contribution in [0.5, 0.6) is 0 Å². The summed E-state index contributed by atoms with van der Waals surface area (Å²) < 4.78 is 18.3. The number of imidazole rings is 1. The van der Waals surface area contributed by atoms with Crippen LogP contribution in [0, 0.1) is 5.82 Å². The van der Waals surface area contributed by atoms with E-state index in [9.17, 15) is 9.18 Å². The van der Waals surface area contributed by atoms with Gasteiger partial charge in [0, 0.05) is 42.9 Å². The van der Waals surface area contributed by atoms with Crippen LogP contribution in [-0.4, -0.2) is 19.1 Å². The molecule has 4 aromatic rings. The van der Waals surface area contributed by atoms with Crippen LogP contribution in [0.25, 0.3) is 21.9 Å². The van der Waals surface area contributed by atoms with Gasteiger partial charge in [-0.15, -0.1) is 0 Å². The van der Waals surface area contributed by atoms with Crippen LogP contribution in [0.15, 0.2) is 45.9 Å². The van der Waals surface area contributed by atoms with Crippen LogP contribution >= 0.6 is 15.9 Å². The second-order valence-electron chi connectivity index (χ2n) is 6.64. The van der Waals surface area contributed by atoms with Crippen molar-refractivity contribution in [2.45, 2.75) is 18.9 Å². The van der Waals surface area contributed by atoms with Crippen molar-refractivity contribution < 1.29 is 4.39 Å². The second-order valence-corrected chi connectivity index (χ2v) is 7.44. The zero-order valence-corrected chi connectivity index (χ0v) is 15.5. The molecule has 0 N–H and O–H groups in total. The highest BCUT2D eigenvalue weighted by molar-refractivity contribution is 9.10. The molecule has 1 atom stereocenters. The van der Waals surface area contributed by atoms with E-state index in [1.54, 1.807) is 28.6 Å². The molecule has 0 radical (unpaired) electrons. The van der Waals surface area contributed by atoms with Crippen molar-refractivity contribution >= 4 is 37.9 Å². The molecule has 0 spiro atoms. The number of nitrogens with zero attached hydrogens (tertiary/aromatic N) is 4. The van der Waals surface area contributed by atoms with Crippen molar-refractivity contribution in [2.75, 3.05) is 0 Å². The van der Waals surface area contributed by atoms with Crippen LogP contribution in [0.3, 0.4) is 0 Å². The highest BCUT2D eigenvalue weighted by atomic mass is 79.9. The number of hydrogen-bond donors (Lipinski definition) is 0. The van der Waals surface area contributed by atoms with Gasteiger partial charge < -0.3 is 0 Å². The zero-order chi connectivity index (χ0) is 18.0. The summed E-state index contributed by atoms with van der Waals surface area (Å²) in [5, 5.41) is 0.840. The van der Waals surface area contributed by atoms with E-state index in [2.05, 4.69) is 25.9 Å². The van der Waals surface area contributed by atoms with Crippen LogP contribution in [0.2, 0.25) is 0 Å². The molecule has 130 valence electrons. The summed E-state index contributed by atoms with van der Waals surface area (Å²) in [5.41, 5.74) is 3.77. The Labute approximate surface area is 156 Å². The van der Waals surface area contributed by atoms with Gasteiger partial charge in [0.05, 0.1) is 27.2 Å². The molecular formula is C19H14BrFN4O. The minimum atomic E-state index is -0.342. The Morgan fingerprint density at radius 3 is 2.92 bits per heavy atom. The molecule has 7 heteroatoms. The monoisotopic (exact) mass is 412 g/mol. The summed E-state index contributed by atoms with van der Waals surface area (Å²) in [7, 11) is 1.74. The lowest BCUT2D eigenvalue weighted by molar-refractivity contribution is 0.540. The summed E-state index contributed by atoms with van der Waals surface area (Å²) in [6, 6.07) is 7.17. The molecule has 5 rings (SSSR count). The number of aromatic nitrogens is 4. The van der Waals surface area contributed by atoms with Gasteiger partial charge in [-0.2, -0.15) is 0 Å². The Kier molecular flexibility index (Phi) is 3.31. The van der Waals surface area contributed by atoms with E-state index in [1.807, 2.05) is 18.2 Å². The minimum absolute atomic E-state index is 0.0341. The largest absolute Gasteiger partial charge is 0.328 e. The van der Waals surface area contributed by atoms with Crippen molar-refractivity contribution in [2.24, 2.45) is 7.05 Å². The molecule has 1 aliphatic heterocycles.